The Morgan fingerprint density at radius 2 is 1.72 bits per heavy atom. The van der Waals surface area contributed by atoms with Crippen molar-refractivity contribution in [2.45, 2.75) is 0 Å². The predicted octanol–water partition coefficient (Wildman–Crippen LogP) is 4.36. The summed E-state index contributed by atoms with van der Waals surface area (Å²) in [5.41, 5.74) is 4.32. The number of rotatable bonds is 7. The molecule has 5 rings (SSSR count). The SMILES string of the molecule is COc1ccc(-n2nc(-c3cccn3C)cc2C(=O)N2CCN(C/C=C/c3ccccc3)CC2)cc1. The standard InChI is InChI=1S/C29H31N5O2/c1-31-16-7-11-27(31)26-22-28(34(30-26)24-12-14-25(36-2)15-13-24)29(35)33-20-18-32(19-21-33)17-6-10-23-8-4-3-5-9-23/h3-16,22H,17-21H2,1-2H3/b10-6+. The van der Waals surface area contributed by atoms with Gasteiger partial charge in [0.15, 0.2) is 0 Å². The number of amides is 1. The van der Waals surface area contributed by atoms with Gasteiger partial charge in [-0.05, 0) is 48.0 Å². The maximum Gasteiger partial charge on any atom is 0.272 e. The molecule has 1 amide bonds. The fourth-order valence-corrected chi connectivity index (χ4v) is 4.50. The van der Waals surface area contributed by atoms with Crippen LogP contribution in [0.2, 0.25) is 0 Å². The highest BCUT2D eigenvalue weighted by molar-refractivity contribution is 5.94. The molecular formula is C29H31N5O2. The van der Waals surface area contributed by atoms with Crippen LogP contribution in [-0.2, 0) is 7.05 Å². The first-order valence-corrected chi connectivity index (χ1v) is 12.2. The Kier molecular flexibility index (Phi) is 7.00. The first-order chi connectivity index (χ1) is 17.6. The lowest BCUT2D eigenvalue weighted by Crippen LogP contribution is -2.49. The Hall–Kier alpha value is -4.10. The van der Waals surface area contributed by atoms with Crippen LogP contribution >= 0.6 is 0 Å². The Morgan fingerprint density at radius 1 is 0.972 bits per heavy atom. The van der Waals surface area contributed by atoms with Gasteiger partial charge in [-0.1, -0.05) is 42.5 Å². The molecule has 0 spiro atoms. The maximum atomic E-state index is 13.7. The highest BCUT2D eigenvalue weighted by Crippen LogP contribution is 2.24. The number of nitrogens with zero attached hydrogens (tertiary/aromatic N) is 5. The summed E-state index contributed by atoms with van der Waals surface area (Å²) in [6.07, 6.45) is 6.32. The van der Waals surface area contributed by atoms with Crippen molar-refractivity contribution in [2.24, 2.45) is 7.05 Å². The molecule has 0 saturated carbocycles. The summed E-state index contributed by atoms with van der Waals surface area (Å²) < 4.78 is 9.06. The minimum Gasteiger partial charge on any atom is -0.497 e. The van der Waals surface area contributed by atoms with Crippen LogP contribution in [0.3, 0.4) is 0 Å². The van der Waals surface area contributed by atoms with E-state index in [4.69, 9.17) is 9.84 Å². The molecule has 0 aliphatic carbocycles. The molecule has 2 aromatic carbocycles. The van der Waals surface area contributed by atoms with Crippen molar-refractivity contribution >= 4 is 12.0 Å². The summed E-state index contributed by atoms with van der Waals surface area (Å²) in [6.45, 7) is 3.92. The molecule has 7 nitrogen and oxygen atoms in total. The lowest BCUT2D eigenvalue weighted by atomic mass is 10.2. The fourth-order valence-electron chi connectivity index (χ4n) is 4.50. The number of aromatic nitrogens is 3. The summed E-state index contributed by atoms with van der Waals surface area (Å²) in [6, 6.07) is 23.8. The molecule has 0 N–H and O–H groups in total. The van der Waals surface area contributed by atoms with Crippen LogP contribution in [0.4, 0.5) is 0 Å². The topological polar surface area (TPSA) is 55.5 Å². The molecule has 3 heterocycles. The zero-order valence-corrected chi connectivity index (χ0v) is 20.7. The molecule has 0 atom stereocenters. The second-order valence-corrected chi connectivity index (χ2v) is 8.93. The Bertz CT molecular complexity index is 1330. The number of aryl methyl sites for hydroxylation is 1. The van der Waals surface area contributed by atoms with E-state index in [9.17, 15) is 4.79 Å². The molecule has 0 bridgehead atoms. The van der Waals surface area contributed by atoms with Crippen LogP contribution < -0.4 is 4.74 Å². The van der Waals surface area contributed by atoms with E-state index < -0.39 is 0 Å². The van der Waals surface area contributed by atoms with E-state index in [0.717, 1.165) is 42.5 Å². The number of hydrogen-bond acceptors (Lipinski definition) is 4. The van der Waals surface area contributed by atoms with Gasteiger partial charge in [-0.25, -0.2) is 4.68 Å². The summed E-state index contributed by atoms with van der Waals surface area (Å²) in [7, 11) is 3.62. The number of hydrogen-bond donors (Lipinski definition) is 0. The van der Waals surface area contributed by atoms with Crippen LogP contribution in [0.5, 0.6) is 5.75 Å². The van der Waals surface area contributed by atoms with E-state index in [2.05, 4.69) is 29.2 Å². The predicted molar refractivity (Wildman–Crippen MR) is 142 cm³/mol. The number of ether oxygens (including phenoxy) is 1. The molecule has 36 heavy (non-hydrogen) atoms. The van der Waals surface area contributed by atoms with Crippen molar-refractivity contribution in [3.05, 3.63) is 96.3 Å². The summed E-state index contributed by atoms with van der Waals surface area (Å²) in [4.78, 5) is 18.0. The van der Waals surface area contributed by atoms with Crippen molar-refractivity contribution in [1.82, 2.24) is 24.1 Å². The van der Waals surface area contributed by atoms with Crippen LogP contribution in [0.1, 0.15) is 16.1 Å². The van der Waals surface area contributed by atoms with E-state index in [1.165, 1.54) is 5.56 Å². The first-order valence-electron chi connectivity index (χ1n) is 12.2. The van der Waals surface area contributed by atoms with E-state index in [-0.39, 0.29) is 5.91 Å². The molecule has 1 aliphatic heterocycles. The smallest absolute Gasteiger partial charge is 0.272 e. The van der Waals surface area contributed by atoms with Gasteiger partial charge in [0.25, 0.3) is 5.91 Å². The number of carbonyl (C=O) groups excluding carboxylic acids is 1. The van der Waals surface area contributed by atoms with E-state index in [1.807, 2.05) is 83.4 Å². The first kappa shape index (κ1) is 23.6. The van der Waals surface area contributed by atoms with E-state index in [1.54, 1.807) is 11.8 Å². The van der Waals surface area contributed by atoms with Gasteiger partial charge in [-0.3, -0.25) is 9.69 Å². The van der Waals surface area contributed by atoms with Crippen LogP contribution in [-0.4, -0.2) is 69.9 Å². The Morgan fingerprint density at radius 3 is 2.39 bits per heavy atom. The molecular weight excluding hydrogens is 450 g/mol. The van der Waals surface area contributed by atoms with Gasteiger partial charge >= 0.3 is 0 Å². The average Bonchev–Trinajstić information content (AvgIpc) is 3.56. The number of carbonyl (C=O) groups is 1. The van der Waals surface area contributed by atoms with Gasteiger partial charge < -0.3 is 14.2 Å². The van der Waals surface area contributed by atoms with Gasteiger partial charge in [-0.2, -0.15) is 5.10 Å². The Labute approximate surface area is 211 Å². The minimum absolute atomic E-state index is 0.00162. The maximum absolute atomic E-state index is 13.7. The molecule has 0 radical (unpaired) electrons. The van der Waals surface area contributed by atoms with E-state index >= 15 is 0 Å². The molecule has 4 aromatic rings. The molecule has 1 aliphatic rings. The normalized spacial score (nSPS) is 14.4. The molecule has 0 unspecified atom stereocenters. The highest BCUT2D eigenvalue weighted by atomic mass is 16.5. The van der Waals surface area contributed by atoms with Gasteiger partial charge in [0.1, 0.15) is 17.1 Å². The molecule has 1 saturated heterocycles. The number of methoxy groups -OCH3 is 1. The van der Waals surface area contributed by atoms with Crippen molar-refractivity contribution in [3.8, 4) is 22.8 Å². The summed E-state index contributed by atoms with van der Waals surface area (Å²) >= 11 is 0. The third kappa shape index (κ3) is 5.11. The molecule has 184 valence electrons. The van der Waals surface area contributed by atoms with Crippen molar-refractivity contribution in [3.63, 3.8) is 0 Å². The number of piperazine rings is 1. The Balaban J connectivity index is 1.32. The lowest BCUT2D eigenvalue weighted by molar-refractivity contribution is 0.0641. The number of benzene rings is 2. The van der Waals surface area contributed by atoms with Gasteiger partial charge in [0, 0.05) is 46.0 Å². The quantitative estimate of drug-likeness (QED) is 0.394. The molecule has 2 aromatic heterocycles. The van der Waals surface area contributed by atoms with Crippen molar-refractivity contribution < 1.29 is 9.53 Å². The monoisotopic (exact) mass is 481 g/mol. The second-order valence-electron chi connectivity index (χ2n) is 8.93. The zero-order chi connectivity index (χ0) is 24.9. The lowest BCUT2D eigenvalue weighted by Gasteiger charge is -2.34. The zero-order valence-electron chi connectivity index (χ0n) is 20.7. The van der Waals surface area contributed by atoms with Crippen molar-refractivity contribution in [1.29, 1.82) is 0 Å². The van der Waals surface area contributed by atoms with Gasteiger partial charge in [-0.15, -0.1) is 0 Å². The fraction of sp³-hybridized carbons (Fsp3) is 0.241. The van der Waals surface area contributed by atoms with E-state index in [0.29, 0.717) is 18.8 Å². The highest BCUT2D eigenvalue weighted by Gasteiger charge is 2.26. The van der Waals surface area contributed by atoms with Gasteiger partial charge in [0.2, 0.25) is 0 Å². The molecule has 7 heteroatoms. The minimum atomic E-state index is -0.00162. The largest absolute Gasteiger partial charge is 0.497 e. The molecule has 1 fully saturated rings. The third-order valence-electron chi connectivity index (χ3n) is 6.58. The van der Waals surface area contributed by atoms with Crippen molar-refractivity contribution in [2.75, 3.05) is 39.8 Å². The third-order valence-corrected chi connectivity index (χ3v) is 6.58. The summed E-state index contributed by atoms with van der Waals surface area (Å²) in [5.74, 6) is 0.761. The average molecular weight is 482 g/mol. The van der Waals surface area contributed by atoms with Crippen LogP contribution in [0, 0.1) is 0 Å². The van der Waals surface area contributed by atoms with Crippen LogP contribution in [0.25, 0.3) is 23.2 Å². The summed E-state index contributed by atoms with van der Waals surface area (Å²) in [5, 5.41) is 4.83. The van der Waals surface area contributed by atoms with Crippen LogP contribution in [0.15, 0.2) is 85.1 Å². The second kappa shape index (κ2) is 10.7. The van der Waals surface area contributed by atoms with Gasteiger partial charge in [0.05, 0.1) is 18.5 Å².